The minimum atomic E-state index is -3.78. The van der Waals surface area contributed by atoms with Crippen molar-refractivity contribution in [2.24, 2.45) is 0 Å². The predicted octanol–water partition coefficient (Wildman–Crippen LogP) is 5.15. The monoisotopic (exact) mass is 571 g/mol. The molecule has 0 heterocycles. The number of carbonyl (C=O) groups is 2. The van der Waals surface area contributed by atoms with Crippen molar-refractivity contribution in [1.82, 2.24) is 10.2 Å². The van der Waals surface area contributed by atoms with Gasteiger partial charge < -0.3 is 10.2 Å². The van der Waals surface area contributed by atoms with E-state index in [0.29, 0.717) is 15.6 Å². The number of rotatable bonds is 11. The number of sulfonamides is 1. The molecular formula is C26H32Cl2FN3O4S. The standard InChI is InChI=1S/C26H32Cl2FN3O4S/c1-18(26(34)30-20-8-3-4-9-20)31(17-19-13-14-21(27)22(28)16-19)25(33)12-7-15-32(37(2,35)36)24-11-6-5-10-23(24)29/h5-6,10-11,13-14,16,18,20H,3-4,7-9,12,15,17H2,1-2H3,(H,30,34). The Hall–Kier alpha value is -2.36. The van der Waals surface area contributed by atoms with Gasteiger partial charge in [0, 0.05) is 25.6 Å². The lowest BCUT2D eigenvalue weighted by Gasteiger charge is -2.30. The van der Waals surface area contributed by atoms with Crippen LogP contribution in [-0.2, 0) is 26.2 Å². The number of carbonyl (C=O) groups excluding carboxylic acids is 2. The number of amides is 2. The molecule has 1 aliphatic rings. The molecule has 11 heteroatoms. The minimum Gasteiger partial charge on any atom is -0.352 e. The molecule has 2 aromatic carbocycles. The Morgan fingerprint density at radius 1 is 1.11 bits per heavy atom. The second-order valence-electron chi connectivity index (χ2n) is 9.33. The Bertz CT molecular complexity index is 1220. The number of hydrogen-bond donors (Lipinski definition) is 1. The summed E-state index contributed by atoms with van der Waals surface area (Å²) in [5.41, 5.74) is 0.627. The number of nitrogens with one attached hydrogen (secondary N) is 1. The summed E-state index contributed by atoms with van der Waals surface area (Å²) < 4.78 is 39.9. The average Bonchev–Trinajstić information content (AvgIpc) is 3.35. The smallest absolute Gasteiger partial charge is 0.242 e. The molecule has 0 saturated heterocycles. The highest BCUT2D eigenvalue weighted by molar-refractivity contribution is 7.92. The summed E-state index contributed by atoms with van der Waals surface area (Å²) in [6.07, 6.45) is 5.03. The van der Waals surface area contributed by atoms with E-state index in [4.69, 9.17) is 23.2 Å². The van der Waals surface area contributed by atoms with Crippen molar-refractivity contribution >= 4 is 50.7 Å². The van der Waals surface area contributed by atoms with Crippen molar-refractivity contribution in [1.29, 1.82) is 0 Å². The van der Waals surface area contributed by atoms with Gasteiger partial charge in [0.1, 0.15) is 11.9 Å². The van der Waals surface area contributed by atoms with E-state index >= 15 is 0 Å². The van der Waals surface area contributed by atoms with E-state index < -0.39 is 21.9 Å². The number of nitrogens with zero attached hydrogens (tertiary/aromatic N) is 2. The molecule has 202 valence electrons. The molecule has 1 saturated carbocycles. The Labute approximate surface area is 228 Å². The second kappa shape index (κ2) is 12.9. The predicted molar refractivity (Wildman–Crippen MR) is 145 cm³/mol. The fourth-order valence-corrected chi connectivity index (χ4v) is 5.73. The third-order valence-electron chi connectivity index (χ3n) is 6.48. The Morgan fingerprint density at radius 3 is 2.41 bits per heavy atom. The zero-order valence-corrected chi connectivity index (χ0v) is 23.3. The summed E-state index contributed by atoms with van der Waals surface area (Å²) >= 11 is 12.2. The molecule has 2 aromatic rings. The van der Waals surface area contributed by atoms with E-state index in [1.807, 2.05) is 0 Å². The fraction of sp³-hybridized carbons (Fsp3) is 0.462. The Kier molecular flexibility index (Phi) is 10.2. The number of anilines is 1. The molecule has 1 aliphatic carbocycles. The van der Waals surface area contributed by atoms with Crippen LogP contribution in [0.3, 0.4) is 0 Å². The van der Waals surface area contributed by atoms with Gasteiger partial charge in [0.05, 0.1) is 22.0 Å². The van der Waals surface area contributed by atoms with Crippen LogP contribution in [-0.4, -0.2) is 50.0 Å². The fourth-order valence-electron chi connectivity index (χ4n) is 4.45. The van der Waals surface area contributed by atoms with Crippen LogP contribution in [0.1, 0.15) is 51.0 Å². The molecule has 0 aromatic heterocycles. The maximum absolute atomic E-state index is 14.3. The van der Waals surface area contributed by atoms with Gasteiger partial charge in [-0.15, -0.1) is 0 Å². The van der Waals surface area contributed by atoms with E-state index in [0.717, 1.165) is 36.2 Å². The van der Waals surface area contributed by atoms with Gasteiger partial charge in [0.2, 0.25) is 21.8 Å². The summed E-state index contributed by atoms with van der Waals surface area (Å²) in [6, 6.07) is 9.93. The van der Waals surface area contributed by atoms with Crippen LogP contribution < -0.4 is 9.62 Å². The first-order chi connectivity index (χ1) is 17.5. The molecule has 1 atom stereocenters. The molecule has 7 nitrogen and oxygen atoms in total. The summed E-state index contributed by atoms with van der Waals surface area (Å²) in [6.45, 7) is 1.70. The van der Waals surface area contributed by atoms with Gasteiger partial charge in [-0.05, 0) is 56.0 Å². The highest BCUT2D eigenvalue weighted by Gasteiger charge is 2.29. The summed E-state index contributed by atoms with van der Waals surface area (Å²) in [5.74, 6) is -1.25. The van der Waals surface area contributed by atoms with Gasteiger partial charge in [0.15, 0.2) is 0 Å². The van der Waals surface area contributed by atoms with E-state index in [-0.39, 0.29) is 49.5 Å². The maximum atomic E-state index is 14.3. The van der Waals surface area contributed by atoms with Gasteiger partial charge in [-0.25, -0.2) is 12.8 Å². The molecule has 0 bridgehead atoms. The van der Waals surface area contributed by atoms with Crippen molar-refractivity contribution < 1.29 is 22.4 Å². The lowest BCUT2D eigenvalue weighted by atomic mass is 10.1. The molecule has 0 radical (unpaired) electrons. The minimum absolute atomic E-state index is 0.0388. The van der Waals surface area contributed by atoms with Crippen molar-refractivity contribution in [3.63, 3.8) is 0 Å². The SMILES string of the molecule is CC(C(=O)NC1CCCC1)N(Cc1ccc(Cl)c(Cl)c1)C(=O)CCCN(c1ccccc1F)S(C)(=O)=O. The highest BCUT2D eigenvalue weighted by Crippen LogP contribution is 2.25. The molecule has 0 spiro atoms. The van der Waals surface area contributed by atoms with Crippen LogP contribution >= 0.6 is 23.2 Å². The average molecular weight is 573 g/mol. The van der Waals surface area contributed by atoms with E-state index in [1.54, 1.807) is 31.2 Å². The van der Waals surface area contributed by atoms with E-state index in [9.17, 15) is 22.4 Å². The quantitative estimate of drug-likeness (QED) is 0.404. The van der Waals surface area contributed by atoms with Crippen molar-refractivity contribution in [3.05, 3.63) is 63.9 Å². The highest BCUT2D eigenvalue weighted by atomic mass is 35.5. The van der Waals surface area contributed by atoms with Crippen LogP contribution in [0.25, 0.3) is 0 Å². The first kappa shape index (κ1) is 29.2. The molecule has 37 heavy (non-hydrogen) atoms. The van der Waals surface area contributed by atoms with E-state index in [1.165, 1.54) is 23.1 Å². The lowest BCUT2D eigenvalue weighted by molar-refractivity contribution is -0.141. The molecule has 1 fully saturated rings. The van der Waals surface area contributed by atoms with Gasteiger partial charge >= 0.3 is 0 Å². The summed E-state index contributed by atoms with van der Waals surface area (Å²) in [4.78, 5) is 27.8. The van der Waals surface area contributed by atoms with Crippen LogP contribution in [0.5, 0.6) is 0 Å². The molecule has 3 rings (SSSR count). The van der Waals surface area contributed by atoms with Crippen molar-refractivity contribution in [2.45, 2.75) is 64.1 Å². The number of para-hydroxylation sites is 1. The number of hydrogen-bond acceptors (Lipinski definition) is 4. The van der Waals surface area contributed by atoms with Crippen molar-refractivity contribution in [3.8, 4) is 0 Å². The third-order valence-corrected chi connectivity index (χ3v) is 8.40. The molecular weight excluding hydrogens is 540 g/mol. The number of halogens is 3. The molecule has 1 N–H and O–H groups in total. The Balaban J connectivity index is 1.74. The zero-order chi connectivity index (χ0) is 27.2. The second-order valence-corrected chi connectivity index (χ2v) is 12.0. The third kappa shape index (κ3) is 8.06. The van der Waals surface area contributed by atoms with Crippen LogP contribution in [0.4, 0.5) is 10.1 Å². The zero-order valence-electron chi connectivity index (χ0n) is 20.9. The van der Waals surface area contributed by atoms with Gasteiger partial charge in [-0.1, -0.05) is 54.2 Å². The largest absolute Gasteiger partial charge is 0.352 e. The van der Waals surface area contributed by atoms with Crippen molar-refractivity contribution in [2.75, 3.05) is 17.1 Å². The molecule has 0 aliphatic heterocycles. The summed E-state index contributed by atoms with van der Waals surface area (Å²) in [5, 5.41) is 3.75. The summed E-state index contributed by atoms with van der Waals surface area (Å²) in [7, 11) is -3.78. The number of benzene rings is 2. The normalized spacial score (nSPS) is 14.8. The Morgan fingerprint density at radius 2 is 1.78 bits per heavy atom. The lowest BCUT2D eigenvalue weighted by Crippen LogP contribution is -2.49. The van der Waals surface area contributed by atoms with Gasteiger partial charge in [0.25, 0.3) is 0 Å². The van der Waals surface area contributed by atoms with Crippen LogP contribution in [0.15, 0.2) is 42.5 Å². The van der Waals surface area contributed by atoms with Crippen LogP contribution in [0, 0.1) is 5.82 Å². The van der Waals surface area contributed by atoms with Gasteiger partial charge in [-0.2, -0.15) is 0 Å². The maximum Gasteiger partial charge on any atom is 0.242 e. The topological polar surface area (TPSA) is 86.8 Å². The molecule has 2 amide bonds. The van der Waals surface area contributed by atoms with E-state index in [2.05, 4.69) is 5.32 Å². The molecule has 1 unspecified atom stereocenters. The first-order valence-corrected chi connectivity index (χ1v) is 14.8. The van der Waals surface area contributed by atoms with Crippen LogP contribution in [0.2, 0.25) is 10.0 Å². The first-order valence-electron chi connectivity index (χ1n) is 12.2. The van der Waals surface area contributed by atoms with Gasteiger partial charge in [-0.3, -0.25) is 13.9 Å².